The first-order chi connectivity index (χ1) is 17.0. The van der Waals surface area contributed by atoms with E-state index in [-0.39, 0.29) is 5.91 Å². The highest BCUT2D eigenvalue weighted by atomic mass is 32.2. The highest BCUT2D eigenvalue weighted by Crippen LogP contribution is 2.17. The molecule has 6 nitrogen and oxygen atoms in total. The predicted octanol–water partition coefficient (Wildman–Crippen LogP) is 4.81. The number of aromatic nitrogens is 1. The van der Waals surface area contributed by atoms with E-state index >= 15 is 0 Å². The number of aliphatic hydroxyl groups is 1. The standard InChI is InChI=1S/C28H42N4O2S/c1-6-10-11-12-13-19-35-20-14-15-24(27(33)29-16-7-2)22-26-25(21-23(5)31-26)28(34)30-17-18-32(8-3)9-4/h6-7,10-16,21-22,27,29,31,33H,1,8-9,17-20H2,2-5H3,(H,30,34)/b11-10-,13-12+,15-14+,16-7+,24-22-. The van der Waals surface area contributed by atoms with Crippen LogP contribution in [0.2, 0.25) is 0 Å². The van der Waals surface area contributed by atoms with E-state index in [1.54, 1.807) is 24.0 Å². The van der Waals surface area contributed by atoms with Gasteiger partial charge in [-0.05, 0) is 45.3 Å². The zero-order valence-electron chi connectivity index (χ0n) is 21.6. The number of nitrogens with one attached hydrogen (secondary N) is 3. The average molecular weight is 499 g/mol. The number of likely N-dealkylation sites (N-methyl/N-ethyl adjacent to an activating group) is 1. The molecule has 0 aliphatic rings. The van der Waals surface area contributed by atoms with Crippen molar-refractivity contribution in [3.63, 3.8) is 0 Å². The van der Waals surface area contributed by atoms with Gasteiger partial charge in [0.25, 0.3) is 5.91 Å². The summed E-state index contributed by atoms with van der Waals surface area (Å²) in [6.07, 6.45) is 18.0. The highest BCUT2D eigenvalue weighted by Gasteiger charge is 2.15. The Hall–Kier alpha value is -2.74. The maximum Gasteiger partial charge on any atom is 0.253 e. The number of hydrogen-bond donors (Lipinski definition) is 4. The number of carbonyl (C=O) groups is 1. The summed E-state index contributed by atoms with van der Waals surface area (Å²) >= 11 is 1.76. The highest BCUT2D eigenvalue weighted by molar-refractivity contribution is 7.99. The Kier molecular flexibility index (Phi) is 16.1. The summed E-state index contributed by atoms with van der Waals surface area (Å²) in [5, 5.41) is 16.6. The third-order valence-electron chi connectivity index (χ3n) is 5.12. The van der Waals surface area contributed by atoms with Crippen LogP contribution in [0.4, 0.5) is 0 Å². The van der Waals surface area contributed by atoms with E-state index in [9.17, 15) is 9.90 Å². The molecule has 0 aliphatic heterocycles. The minimum atomic E-state index is -0.904. The number of aryl methyl sites for hydroxylation is 1. The number of H-pyrrole nitrogens is 1. The third kappa shape index (κ3) is 12.5. The molecule has 1 aromatic rings. The Morgan fingerprint density at radius 1 is 1.23 bits per heavy atom. The predicted molar refractivity (Wildman–Crippen MR) is 153 cm³/mol. The number of hydrogen-bond acceptors (Lipinski definition) is 5. The molecule has 0 aliphatic carbocycles. The maximum absolute atomic E-state index is 12.9. The van der Waals surface area contributed by atoms with Crippen molar-refractivity contribution in [2.45, 2.75) is 33.9 Å². The Bertz CT molecular complexity index is 908. The first kappa shape index (κ1) is 30.3. The largest absolute Gasteiger partial charge is 0.369 e. The lowest BCUT2D eigenvalue weighted by Gasteiger charge is -2.18. The molecule has 0 saturated carbocycles. The summed E-state index contributed by atoms with van der Waals surface area (Å²) in [6, 6.07) is 1.84. The molecule has 1 unspecified atom stereocenters. The van der Waals surface area contributed by atoms with Gasteiger partial charge >= 0.3 is 0 Å². The van der Waals surface area contributed by atoms with E-state index in [0.29, 0.717) is 23.4 Å². The van der Waals surface area contributed by atoms with E-state index in [1.807, 2.05) is 62.4 Å². The van der Waals surface area contributed by atoms with Crippen LogP contribution in [0.3, 0.4) is 0 Å². The molecule has 0 saturated heterocycles. The minimum absolute atomic E-state index is 0.125. The number of amides is 1. The van der Waals surface area contributed by atoms with Gasteiger partial charge in [0.15, 0.2) is 0 Å². The van der Waals surface area contributed by atoms with Crippen LogP contribution in [0.1, 0.15) is 42.5 Å². The number of rotatable bonds is 17. The number of nitrogens with zero attached hydrogens (tertiary/aromatic N) is 1. The zero-order chi connectivity index (χ0) is 25.9. The lowest BCUT2D eigenvalue weighted by Crippen LogP contribution is -2.34. The lowest BCUT2D eigenvalue weighted by molar-refractivity contribution is 0.0949. The first-order valence-corrected chi connectivity index (χ1v) is 13.3. The van der Waals surface area contributed by atoms with E-state index in [2.05, 4.69) is 47.0 Å². The van der Waals surface area contributed by atoms with E-state index < -0.39 is 6.23 Å². The van der Waals surface area contributed by atoms with E-state index in [4.69, 9.17) is 0 Å². The van der Waals surface area contributed by atoms with Crippen LogP contribution in [0, 0.1) is 6.92 Å². The van der Waals surface area contributed by atoms with Gasteiger partial charge in [0, 0.05) is 35.9 Å². The molecule has 0 spiro atoms. The fourth-order valence-electron chi connectivity index (χ4n) is 3.21. The fourth-order valence-corrected chi connectivity index (χ4v) is 3.82. The zero-order valence-corrected chi connectivity index (χ0v) is 22.4. The Balaban J connectivity index is 2.94. The van der Waals surface area contributed by atoms with Gasteiger partial charge in [-0.3, -0.25) is 4.79 Å². The number of allylic oxidation sites excluding steroid dienone is 5. The second kappa shape index (κ2) is 18.6. The van der Waals surface area contributed by atoms with Gasteiger partial charge in [-0.15, -0.1) is 0 Å². The van der Waals surface area contributed by atoms with Crippen LogP contribution in [0.25, 0.3) is 6.08 Å². The number of aliphatic hydroxyl groups excluding tert-OH is 1. The fraction of sp³-hybridized carbons (Fsp3) is 0.393. The molecule has 0 bridgehead atoms. The summed E-state index contributed by atoms with van der Waals surface area (Å²) in [5.41, 5.74) is 2.79. The molecule has 7 heteroatoms. The van der Waals surface area contributed by atoms with Gasteiger partial charge in [-0.25, -0.2) is 0 Å². The van der Waals surface area contributed by atoms with E-state index in [0.717, 1.165) is 36.8 Å². The van der Waals surface area contributed by atoms with Gasteiger partial charge in [0.1, 0.15) is 6.23 Å². The summed E-state index contributed by atoms with van der Waals surface area (Å²) in [5.74, 6) is 1.56. The Morgan fingerprint density at radius 3 is 2.66 bits per heavy atom. The molecule has 1 heterocycles. The normalized spacial score (nSPS) is 13.6. The van der Waals surface area contributed by atoms with Crippen LogP contribution >= 0.6 is 11.8 Å². The van der Waals surface area contributed by atoms with Crippen molar-refractivity contribution in [1.82, 2.24) is 20.5 Å². The molecule has 1 amide bonds. The van der Waals surface area contributed by atoms with Crippen LogP contribution in [-0.2, 0) is 0 Å². The van der Waals surface area contributed by atoms with Gasteiger partial charge < -0.3 is 25.6 Å². The lowest BCUT2D eigenvalue weighted by atomic mass is 10.1. The first-order valence-electron chi connectivity index (χ1n) is 12.1. The molecular weight excluding hydrogens is 456 g/mol. The van der Waals surface area contributed by atoms with Crippen LogP contribution in [0.15, 0.2) is 73.0 Å². The molecule has 1 aromatic heterocycles. The van der Waals surface area contributed by atoms with Gasteiger partial charge in [-0.1, -0.05) is 69.0 Å². The van der Waals surface area contributed by atoms with Crippen molar-refractivity contribution < 1.29 is 9.90 Å². The van der Waals surface area contributed by atoms with Crippen molar-refractivity contribution in [3.05, 3.63) is 90.0 Å². The molecule has 192 valence electrons. The Labute approximate surface area is 215 Å². The molecule has 1 rings (SSSR count). The number of carbonyl (C=O) groups excluding carboxylic acids is 1. The second-order valence-corrected chi connectivity index (χ2v) is 8.84. The third-order valence-corrected chi connectivity index (χ3v) is 5.97. The van der Waals surface area contributed by atoms with Crippen molar-refractivity contribution in [3.8, 4) is 0 Å². The van der Waals surface area contributed by atoms with Crippen LogP contribution < -0.4 is 10.6 Å². The second-order valence-electron chi connectivity index (χ2n) is 7.76. The summed E-state index contributed by atoms with van der Waals surface area (Å²) in [4.78, 5) is 18.4. The molecule has 0 aromatic carbocycles. The Morgan fingerprint density at radius 2 is 1.97 bits per heavy atom. The van der Waals surface area contributed by atoms with Gasteiger partial charge in [0.05, 0.1) is 11.3 Å². The maximum atomic E-state index is 12.9. The van der Waals surface area contributed by atoms with Crippen molar-refractivity contribution >= 4 is 23.7 Å². The molecule has 0 radical (unpaired) electrons. The molecule has 35 heavy (non-hydrogen) atoms. The summed E-state index contributed by atoms with van der Waals surface area (Å²) in [7, 11) is 0. The summed E-state index contributed by atoms with van der Waals surface area (Å²) in [6.45, 7) is 15.0. The van der Waals surface area contributed by atoms with Crippen molar-refractivity contribution in [2.24, 2.45) is 0 Å². The van der Waals surface area contributed by atoms with Gasteiger partial charge in [-0.2, -0.15) is 11.8 Å². The van der Waals surface area contributed by atoms with Crippen molar-refractivity contribution in [1.29, 1.82) is 0 Å². The van der Waals surface area contributed by atoms with Crippen LogP contribution in [-0.4, -0.2) is 64.8 Å². The molecule has 4 N–H and O–H groups in total. The molecule has 0 fully saturated rings. The summed E-state index contributed by atoms with van der Waals surface area (Å²) < 4.78 is 0. The molecular formula is C28H42N4O2S. The average Bonchev–Trinajstić information content (AvgIpc) is 3.23. The van der Waals surface area contributed by atoms with Gasteiger partial charge in [0.2, 0.25) is 0 Å². The topological polar surface area (TPSA) is 80.4 Å². The monoisotopic (exact) mass is 498 g/mol. The van der Waals surface area contributed by atoms with Crippen LogP contribution in [0.5, 0.6) is 0 Å². The minimum Gasteiger partial charge on any atom is -0.369 e. The number of aromatic amines is 1. The quantitative estimate of drug-likeness (QED) is 0.141. The van der Waals surface area contributed by atoms with Crippen molar-refractivity contribution in [2.75, 3.05) is 37.7 Å². The number of thioether (sulfide) groups is 1. The molecule has 1 atom stereocenters. The SMILES string of the molecule is C=C/C=C\C=C\CSC/C=C/C(=C/c1[nH]c(C)cc1C(=O)NCCN(CC)CC)C(O)N/C=C/C. The smallest absolute Gasteiger partial charge is 0.253 e. The van der Waals surface area contributed by atoms with E-state index in [1.165, 1.54) is 0 Å².